The number of benzene rings is 7. The van der Waals surface area contributed by atoms with Crippen molar-refractivity contribution in [2.24, 2.45) is 0 Å². The Balaban J connectivity index is 1.22. The predicted molar refractivity (Wildman–Crippen MR) is 229 cm³/mol. The van der Waals surface area contributed by atoms with E-state index in [1.165, 1.54) is 21.8 Å². The monoisotopic (exact) mass is 712 g/mol. The van der Waals surface area contributed by atoms with Crippen LogP contribution in [0, 0.1) is 0 Å². The van der Waals surface area contributed by atoms with Crippen LogP contribution in [-0.4, -0.2) is 15.6 Å². The van der Waals surface area contributed by atoms with Crippen molar-refractivity contribution in [1.29, 1.82) is 0 Å². The van der Waals surface area contributed by atoms with Crippen LogP contribution in [0.3, 0.4) is 0 Å². The number of para-hydroxylation sites is 5. The van der Waals surface area contributed by atoms with E-state index >= 15 is 0 Å². The van der Waals surface area contributed by atoms with E-state index in [1.54, 1.807) is 11.3 Å². The van der Waals surface area contributed by atoms with E-state index in [1.807, 2.05) is 0 Å². The summed E-state index contributed by atoms with van der Waals surface area (Å²) in [6, 6.07) is 62.9. The molecule has 1 aliphatic carbocycles. The highest BCUT2D eigenvalue weighted by molar-refractivity contribution is 7.22. The van der Waals surface area contributed by atoms with Gasteiger partial charge < -0.3 is 14.4 Å². The van der Waals surface area contributed by atoms with Gasteiger partial charge in [-0.05, 0) is 91.3 Å². The number of nitrogens with zero attached hydrogens (tertiary/aromatic N) is 4. The van der Waals surface area contributed by atoms with E-state index in [2.05, 4.69) is 215 Å². The van der Waals surface area contributed by atoms with Crippen LogP contribution in [-0.2, 0) is 0 Å². The van der Waals surface area contributed by atoms with Crippen LogP contribution in [0.2, 0.25) is 0 Å². The van der Waals surface area contributed by atoms with Crippen LogP contribution in [0.25, 0.3) is 48.3 Å². The number of fused-ring (bicyclic) bond motifs is 4. The molecule has 0 aliphatic heterocycles. The zero-order chi connectivity index (χ0) is 35.8. The molecule has 4 nitrogen and oxygen atoms in total. The van der Waals surface area contributed by atoms with Crippen molar-refractivity contribution in [2.75, 3.05) is 9.80 Å². The highest BCUT2D eigenvalue weighted by Crippen LogP contribution is 2.48. The fourth-order valence-electron chi connectivity index (χ4n) is 7.87. The molecule has 0 radical (unpaired) electrons. The predicted octanol–water partition coefficient (Wildman–Crippen LogP) is 13.6. The van der Waals surface area contributed by atoms with Crippen LogP contribution in [0.1, 0.15) is 6.42 Å². The number of hydrogen-bond donors (Lipinski definition) is 0. The molecule has 1 unspecified atom stereocenters. The standard InChI is InChI=1S/C49H36N4S/c1-6-18-36(19-7-1)51(37-20-8-2-9-21-37)45-32-33-46(52(38-22-10-3-11-23-38)39-24-12-4-13-25-39)48-47(45)50-49(54-48)35-30-31-44-42(34-35)41-28-16-17-29-43(41)53(44)40-26-14-5-15-27-40/h1-20,22-34,37H,21H2. The Morgan fingerprint density at radius 3 is 1.85 bits per heavy atom. The van der Waals surface area contributed by atoms with E-state index in [0.29, 0.717) is 0 Å². The number of anilines is 5. The van der Waals surface area contributed by atoms with Crippen molar-refractivity contribution in [3.05, 3.63) is 200 Å². The van der Waals surface area contributed by atoms with Gasteiger partial charge in [-0.15, -0.1) is 11.3 Å². The van der Waals surface area contributed by atoms with Gasteiger partial charge in [-0.3, -0.25) is 0 Å². The summed E-state index contributed by atoms with van der Waals surface area (Å²) < 4.78 is 3.50. The Morgan fingerprint density at radius 2 is 1.17 bits per heavy atom. The van der Waals surface area contributed by atoms with Gasteiger partial charge in [-0.1, -0.05) is 115 Å². The maximum absolute atomic E-state index is 5.61. The lowest BCUT2D eigenvalue weighted by Gasteiger charge is -2.33. The van der Waals surface area contributed by atoms with Gasteiger partial charge in [0.05, 0.1) is 33.1 Å². The van der Waals surface area contributed by atoms with Gasteiger partial charge in [0.1, 0.15) is 10.5 Å². The fraction of sp³-hybridized carbons (Fsp3) is 0.0408. The molecule has 1 atom stereocenters. The molecule has 2 aromatic heterocycles. The first-order valence-corrected chi connectivity index (χ1v) is 19.2. The second-order valence-electron chi connectivity index (χ2n) is 13.5. The molecule has 2 heterocycles. The second kappa shape index (κ2) is 13.7. The smallest absolute Gasteiger partial charge is 0.124 e. The lowest BCUT2D eigenvalue weighted by atomic mass is 10.0. The Bertz CT molecular complexity index is 2760. The zero-order valence-electron chi connectivity index (χ0n) is 29.5. The van der Waals surface area contributed by atoms with Crippen molar-refractivity contribution in [1.82, 2.24) is 9.55 Å². The molecule has 0 spiro atoms. The molecule has 5 heteroatoms. The van der Waals surface area contributed by atoms with E-state index < -0.39 is 0 Å². The molecule has 0 N–H and O–H groups in total. The van der Waals surface area contributed by atoms with Gasteiger partial charge in [0.15, 0.2) is 0 Å². The van der Waals surface area contributed by atoms with Gasteiger partial charge in [-0.25, -0.2) is 4.98 Å². The summed E-state index contributed by atoms with van der Waals surface area (Å²) in [6.45, 7) is 0. The Labute approximate surface area is 318 Å². The number of aromatic nitrogens is 2. The van der Waals surface area contributed by atoms with Crippen LogP contribution in [0.4, 0.5) is 28.4 Å². The first kappa shape index (κ1) is 32.0. The molecule has 258 valence electrons. The third kappa shape index (κ3) is 5.58. The van der Waals surface area contributed by atoms with E-state index in [-0.39, 0.29) is 6.04 Å². The van der Waals surface area contributed by atoms with E-state index in [9.17, 15) is 0 Å². The van der Waals surface area contributed by atoms with Crippen LogP contribution in [0.5, 0.6) is 0 Å². The largest absolute Gasteiger partial charge is 0.332 e. The van der Waals surface area contributed by atoms with Crippen LogP contribution >= 0.6 is 11.3 Å². The minimum Gasteiger partial charge on any atom is -0.332 e. The summed E-state index contributed by atoms with van der Waals surface area (Å²) in [6.07, 6.45) is 9.77. The molecular formula is C49H36N4S. The summed E-state index contributed by atoms with van der Waals surface area (Å²) in [5.74, 6) is 0. The third-order valence-corrected chi connectivity index (χ3v) is 11.4. The van der Waals surface area contributed by atoms with Gasteiger partial charge in [0.2, 0.25) is 0 Å². The molecule has 7 aromatic carbocycles. The van der Waals surface area contributed by atoms with Crippen molar-refractivity contribution in [3.8, 4) is 16.3 Å². The zero-order valence-corrected chi connectivity index (χ0v) is 30.4. The molecule has 0 fully saturated rings. The fourth-order valence-corrected chi connectivity index (χ4v) is 8.96. The summed E-state index contributed by atoms with van der Waals surface area (Å²) in [4.78, 5) is 10.4. The van der Waals surface area contributed by atoms with Crippen molar-refractivity contribution in [2.45, 2.75) is 12.5 Å². The number of thiazole rings is 1. The Morgan fingerprint density at radius 1 is 0.556 bits per heavy atom. The Kier molecular flexibility index (Phi) is 8.12. The summed E-state index contributed by atoms with van der Waals surface area (Å²) in [5, 5.41) is 3.43. The highest BCUT2D eigenvalue weighted by Gasteiger charge is 2.26. The number of allylic oxidation sites excluding steroid dienone is 2. The van der Waals surface area contributed by atoms with Gasteiger partial charge in [0, 0.05) is 39.1 Å². The van der Waals surface area contributed by atoms with Gasteiger partial charge in [-0.2, -0.15) is 0 Å². The molecule has 54 heavy (non-hydrogen) atoms. The highest BCUT2D eigenvalue weighted by atomic mass is 32.1. The second-order valence-corrected chi connectivity index (χ2v) is 14.5. The van der Waals surface area contributed by atoms with Gasteiger partial charge in [0.25, 0.3) is 0 Å². The molecule has 9 aromatic rings. The quantitative estimate of drug-likeness (QED) is 0.157. The molecular weight excluding hydrogens is 677 g/mol. The SMILES string of the molecule is C1=CCC(N(c2ccccc2)c2ccc(N(c3ccccc3)c3ccccc3)c3sc(-c4ccc5c(c4)c4ccccc4n5-c4ccccc4)nc23)C=C1. The van der Waals surface area contributed by atoms with Crippen molar-refractivity contribution in [3.63, 3.8) is 0 Å². The first-order chi connectivity index (χ1) is 26.8. The third-order valence-electron chi connectivity index (χ3n) is 10.3. The molecule has 1 aliphatic rings. The average molecular weight is 713 g/mol. The molecule has 10 rings (SSSR count). The molecule has 0 amide bonds. The van der Waals surface area contributed by atoms with Crippen molar-refractivity contribution < 1.29 is 0 Å². The lowest BCUT2D eigenvalue weighted by molar-refractivity contribution is 0.787. The molecule has 0 saturated carbocycles. The minimum atomic E-state index is 0.149. The summed E-state index contributed by atoms with van der Waals surface area (Å²) >= 11 is 1.77. The van der Waals surface area contributed by atoms with Gasteiger partial charge >= 0.3 is 0 Å². The van der Waals surface area contributed by atoms with Crippen molar-refractivity contribution >= 4 is 71.8 Å². The lowest BCUT2D eigenvalue weighted by Crippen LogP contribution is -2.30. The van der Waals surface area contributed by atoms with E-state index in [4.69, 9.17) is 4.98 Å². The summed E-state index contributed by atoms with van der Waals surface area (Å²) in [7, 11) is 0. The number of hydrogen-bond acceptors (Lipinski definition) is 4. The average Bonchev–Trinajstić information content (AvgIpc) is 3.84. The van der Waals surface area contributed by atoms with Crippen LogP contribution < -0.4 is 9.80 Å². The first-order valence-electron chi connectivity index (χ1n) is 18.4. The minimum absolute atomic E-state index is 0.149. The topological polar surface area (TPSA) is 24.3 Å². The maximum Gasteiger partial charge on any atom is 0.124 e. The Hall–Kier alpha value is -6.69. The summed E-state index contributed by atoms with van der Waals surface area (Å²) in [5.41, 5.74) is 11.2. The molecule has 0 bridgehead atoms. The van der Waals surface area contributed by atoms with E-state index in [0.717, 1.165) is 61.3 Å². The number of rotatable bonds is 8. The maximum atomic E-state index is 5.61. The normalized spacial score (nSPS) is 13.9. The van der Waals surface area contributed by atoms with Crippen LogP contribution in [0.15, 0.2) is 200 Å². The molecule has 0 saturated heterocycles.